The average molecular weight is 381 g/mol. The van der Waals surface area contributed by atoms with Gasteiger partial charge >= 0.3 is 6.09 Å². The maximum atomic E-state index is 12.8. The Morgan fingerprint density at radius 3 is 2.64 bits per heavy atom. The Morgan fingerprint density at radius 1 is 1.21 bits per heavy atom. The van der Waals surface area contributed by atoms with E-state index in [1.165, 1.54) is 7.11 Å². The number of pyridine rings is 1. The Morgan fingerprint density at radius 2 is 2.00 bits per heavy atom. The van der Waals surface area contributed by atoms with E-state index in [0.29, 0.717) is 5.69 Å². The minimum Gasteiger partial charge on any atom is -0.480 e. The standard InChI is InChI=1S/C19H19N5O4/c1-28-18-16(8-13(9-20-18)14-10-21-22-11-14)23-17(25)15(24-19(26)27)7-12-5-3-2-4-6-12/h2-6,8-11,15,24H,7H2,1H3,(H,21,22)(H,23,25)(H,26,27). The zero-order valence-corrected chi connectivity index (χ0v) is 15.0. The lowest BCUT2D eigenvalue weighted by molar-refractivity contribution is -0.118. The molecule has 3 aromatic rings. The first-order valence-corrected chi connectivity index (χ1v) is 8.44. The molecular weight excluding hydrogens is 362 g/mol. The first-order valence-electron chi connectivity index (χ1n) is 8.44. The fourth-order valence-corrected chi connectivity index (χ4v) is 2.70. The molecule has 1 aromatic carbocycles. The van der Waals surface area contributed by atoms with Crippen molar-refractivity contribution >= 4 is 17.7 Å². The molecule has 0 saturated heterocycles. The highest BCUT2D eigenvalue weighted by Crippen LogP contribution is 2.27. The highest BCUT2D eigenvalue weighted by Gasteiger charge is 2.23. The number of carboxylic acid groups (broad SMARTS) is 1. The normalized spacial score (nSPS) is 11.5. The van der Waals surface area contributed by atoms with Crippen molar-refractivity contribution in [2.45, 2.75) is 12.5 Å². The lowest BCUT2D eigenvalue weighted by Crippen LogP contribution is -2.44. The van der Waals surface area contributed by atoms with Gasteiger partial charge in [-0.1, -0.05) is 30.3 Å². The van der Waals surface area contributed by atoms with Crippen molar-refractivity contribution in [1.82, 2.24) is 20.5 Å². The van der Waals surface area contributed by atoms with Gasteiger partial charge in [0.1, 0.15) is 11.7 Å². The third-order valence-corrected chi connectivity index (χ3v) is 4.03. The number of carbonyl (C=O) groups is 2. The van der Waals surface area contributed by atoms with Crippen LogP contribution in [0.5, 0.6) is 5.88 Å². The molecule has 144 valence electrons. The van der Waals surface area contributed by atoms with Gasteiger partial charge in [0.05, 0.1) is 13.3 Å². The fraction of sp³-hybridized carbons (Fsp3) is 0.158. The van der Waals surface area contributed by atoms with Gasteiger partial charge in [0, 0.05) is 29.9 Å². The van der Waals surface area contributed by atoms with Crippen LogP contribution in [0.1, 0.15) is 5.56 Å². The predicted molar refractivity (Wildman–Crippen MR) is 102 cm³/mol. The van der Waals surface area contributed by atoms with E-state index in [-0.39, 0.29) is 12.3 Å². The third-order valence-electron chi connectivity index (χ3n) is 4.03. The summed E-state index contributed by atoms with van der Waals surface area (Å²) in [4.78, 5) is 28.1. The zero-order valence-electron chi connectivity index (χ0n) is 15.0. The Balaban J connectivity index is 1.83. The lowest BCUT2D eigenvalue weighted by Gasteiger charge is -2.18. The van der Waals surface area contributed by atoms with Crippen LogP contribution in [0.3, 0.4) is 0 Å². The number of nitrogens with zero attached hydrogens (tertiary/aromatic N) is 2. The Bertz CT molecular complexity index is 944. The molecule has 2 amide bonds. The number of nitrogens with one attached hydrogen (secondary N) is 3. The molecule has 2 heterocycles. The molecule has 9 heteroatoms. The summed E-state index contributed by atoms with van der Waals surface area (Å²) < 4.78 is 5.21. The summed E-state index contributed by atoms with van der Waals surface area (Å²) in [5, 5.41) is 20.7. The monoisotopic (exact) mass is 381 g/mol. The Hall–Kier alpha value is -3.88. The Labute approximate surface area is 160 Å². The number of hydrogen-bond acceptors (Lipinski definition) is 5. The number of rotatable bonds is 7. The number of methoxy groups -OCH3 is 1. The number of ether oxygens (including phenoxy) is 1. The molecule has 0 bridgehead atoms. The summed E-state index contributed by atoms with van der Waals surface area (Å²) in [5.74, 6) is -0.301. The highest BCUT2D eigenvalue weighted by atomic mass is 16.5. The summed E-state index contributed by atoms with van der Waals surface area (Å²) in [6.07, 6.45) is 3.83. The van der Waals surface area contributed by atoms with E-state index in [0.717, 1.165) is 16.7 Å². The molecule has 28 heavy (non-hydrogen) atoms. The highest BCUT2D eigenvalue weighted by molar-refractivity contribution is 5.98. The second-order valence-electron chi connectivity index (χ2n) is 5.95. The minimum absolute atomic E-state index is 0.205. The van der Waals surface area contributed by atoms with E-state index >= 15 is 0 Å². The molecule has 0 aliphatic heterocycles. The first kappa shape index (κ1) is 18.9. The van der Waals surface area contributed by atoms with Crippen LogP contribution in [0.15, 0.2) is 55.0 Å². The van der Waals surface area contributed by atoms with Crippen LogP contribution >= 0.6 is 0 Å². The Kier molecular flexibility index (Phi) is 5.85. The van der Waals surface area contributed by atoms with Crippen molar-refractivity contribution in [3.05, 3.63) is 60.6 Å². The molecule has 0 fully saturated rings. The fourth-order valence-electron chi connectivity index (χ4n) is 2.70. The van der Waals surface area contributed by atoms with Crippen LogP contribution in [0.2, 0.25) is 0 Å². The van der Waals surface area contributed by atoms with Gasteiger partial charge in [-0.25, -0.2) is 9.78 Å². The van der Waals surface area contributed by atoms with Crippen molar-refractivity contribution in [2.24, 2.45) is 0 Å². The van der Waals surface area contributed by atoms with E-state index < -0.39 is 18.0 Å². The van der Waals surface area contributed by atoms with Gasteiger partial charge in [-0.05, 0) is 11.6 Å². The van der Waals surface area contributed by atoms with Gasteiger partial charge in [0.2, 0.25) is 11.8 Å². The quantitative estimate of drug-likeness (QED) is 0.497. The van der Waals surface area contributed by atoms with Gasteiger partial charge in [-0.3, -0.25) is 9.89 Å². The van der Waals surface area contributed by atoms with Crippen molar-refractivity contribution in [3.63, 3.8) is 0 Å². The van der Waals surface area contributed by atoms with E-state index in [9.17, 15) is 9.59 Å². The lowest BCUT2D eigenvalue weighted by atomic mass is 10.1. The molecular formula is C19H19N5O4. The van der Waals surface area contributed by atoms with E-state index in [2.05, 4.69) is 25.8 Å². The minimum atomic E-state index is -1.28. The van der Waals surface area contributed by atoms with Crippen molar-refractivity contribution in [2.75, 3.05) is 12.4 Å². The molecule has 0 spiro atoms. The number of hydrogen-bond donors (Lipinski definition) is 4. The van der Waals surface area contributed by atoms with Gasteiger partial charge < -0.3 is 20.5 Å². The summed E-state index contributed by atoms with van der Waals surface area (Å²) in [7, 11) is 1.44. The van der Waals surface area contributed by atoms with Gasteiger partial charge in [-0.2, -0.15) is 5.10 Å². The number of anilines is 1. The van der Waals surface area contributed by atoms with Gasteiger partial charge in [0.25, 0.3) is 0 Å². The molecule has 1 atom stereocenters. The number of aromatic nitrogens is 3. The molecule has 1 unspecified atom stereocenters. The molecule has 0 aliphatic carbocycles. The number of aromatic amines is 1. The van der Waals surface area contributed by atoms with Gasteiger partial charge in [0.15, 0.2) is 0 Å². The molecule has 0 radical (unpaired) electrons. The number of amides is 2. The second-order valence-corrected chi connectivity index (χ2v) is 5.95. The van der Waals surface area contributed by atoms with Crippen LogP contribution in [-0.2, 0) is 11.2 Å². The second kappa shape index (κ2) is 8.67. The number of H-pyrrole nitrogens is 1. The van der Waals surface area contributed by atoms with Gasteiger partial charge in [-0.15, -0.1) is 0 Å². The third kappa shape index (κ3) is 4.64. The molecule has 2 aromatic heterocycles. The average Bonchev–Trinajstić information content (AvgIpc) is 3.22. The first-order chi connectivity index (χ1) is 13.6. The maximum absolute atomic E-state index is 12.8. The van der Waals surface area contributed by atoms with Crippen molar-refractivity contribution in [1.29, 1.82) is 0 Å². The summed E-state index contributed by atoms with van der Waals surface area (Å²) >= 11 is 0. The van der Waals surface area contributed by atoms with E-state index in [1.54, 1.807) is 24.7 Å². The molecule has 3 rings (SSSR count). The van der Waals surface area contributed by atoms with Crippen LogP contribution in [0.25, 0.3) is 11.1 Å². The zero-order chi connectivity index (χ0) is 19.9. The maximum Gasteiger partial charge on any atom is 0.405 e. The summed E-state index contributed by atoms with van der Waals surface area (Å²) in [6.45, 7) is 0. The summed E-state index contributed by atoms with van der Waals surface area (Å²) in [5.41, 5.74) is 2.66. The van der Waals surface area contributed by atoms with E-state index in [1.807, 2.05) is 30.3 Å². The van der Waals surface area contributed by atoms with Crippen LogP contribution in [0, 0.1) is 0 Å². The van der Waals surface area contributed by atoms with Crippen LogP contribution in [0.4, 0.5) is 10.5 Å². The van der Waals surface area contributed by atoms with Crippen LogP contribution in [-0.4, -0.2) is 45.4 Å². The molecule has 0 saturated carbocycles. The predicted octanol–water partition coefficient (Wildman–Crippen LogP) is 2.30. The van der Waals surface area contributed by atoms with E-state index in [4.69, 9.17) is 9.84 Å². The SMILES string of the molecule is COc1ncc(-c2cn[nH]c2)cc1NC(=O)C(Cc1ccccc1)NC(=O)O. The molecule has 4 N–H and O–H groups in total. The summed E-state index contributed by atoms with van der Waals surface area (Å²) in [6, 6.07) is 9.85. The van der Waals surface area contributed by atoms with Crippen molar-refractivity contribution < 1.29 is 19.4 Å². The van der Waals surface area contributed by atoms with Crippen LogP contribution < -0.4 is 15.4 Å². The number of benzene rings is 1. The topological polar surface area (TPSA) is 129 Å². The molecule has 0 aliphatic rings. The molecule has 9 nitrogen and oxygen atoms in total. The van der Waals surface area contributed by atoms with Crippen molar-refractivity contribution in [3.8, 4) is 17.0 Å². The largest absolute Gasteiger partial charge is 0.480 e. The smallest absolute Gasteiger partial charge is 0.405 e. The number of carbonyl (C=O) groups excluding carboxylic acids is 1.